The number of aryl methyl sites for hydroxylation is 1. The van der Waals surface area contributed by atoms with E-state index < -0.39 is 23.3 Å². The number of alkyl halides is 3. The van der Waals surface area contributed by atoms with Crippen LogP contribution in [0.25, 0.3) is 0 Å². The molecule has 0 aliphatic heterocycles. The van der Waals surface area contributed by atoms with Crippen LogP contribution in [0.1, 0.15) is 63.0 Å². The van der Waals surface area contributed by atoms with Gasteiger partial charge in [-0.1, -0.05) is 32.4 Å². The first-order chi connectivity index (χ1) is 13.0. The van der Waals surface area contributed by atoms with Gasteiger partial charge in [0.1, 0.15) is 0 Å². The lowest BCUT2D eigenvalue weighted by Crippen LogP contribution is -2.45. The third-order valence-corrected chi connectivity index (χ3v) is 5.67. The molecule has 3 atom stereocenters. The van der Waals surface area contributed by atoms with E-state index in [0.717, 1.165) is 35.2 Å². The molecule has 0 saturated carbocycles. The third-order valence-electron chi connectivity index (χ3n) is 5.67. The highest BCUT2D eigenvalue weighted by atomic mass is 19.4. The molecule has 0 bridgehead atoms. The third kappa shape index (κ3) is 4.59. The number of aromatic nitrogens is 2. The average Bonchev–Trinajstić information content (AvgIpc) is 3.03. The highest BCUT2D eigenvalue weighted by Crippen LogP contribution is 2.38. The van der Waals surface area contributed by atoms with Crippen molar-refractivity contribution in [3.63, 3.8) is 0 Å². The maximum absolute atomic E-state index is 13.3. The number of carbonyl (C=O) groups excluding carboxylic acids is 1. The summed E-state index contributed by atoms with van der Waals surface area (Å²) in [6.45, 7) is 8.25. The lowest BCUT2D eigenvalue weighted by molar-refractivity contribution is -0.146. The van der Waals surface area contributed by atoms with Crippen molar-refractivity contribution >= 4 is 5.91 Å². The number of hydrogen-bond donors (Lipinski definition) is 0. The van der Waals surface area contributed by atoms with Gasteiger partial charge in [0.2, 0.25) is 0 Å². The molecule has 3 unspecified atom stereocenters. The summed E-state index contributed by atoms with van der Waals surface area (Å²) in [5.41, 5.74) is -0.282. The van der Waals surface area contributed by atoms with Crippen LogP contribution in [-0.2, 0) is 18.1 Å². The Morgan fingerprint density at radius 3 is 2.54 bits per heavy atom. The lowest BCUT2D eigenvalue weighted by atomic mass is 9.73. The Bertz CT molecular complexity index is 725. The summed E-state index contributed by atoms with van der Waals surface area (Å²) >= 11 is 0. The molecular formula is C20H30F3N3O2. The normalized spacial score (nSPS) is 21.6. The Kier molecular flexibility index (Phi) is 6.96. The van der Waals surface area contributed by atoms with E-state index in [1.54, 1.807) is 0 Å². The molecular weight excluding hydrogens is 371 g/mol. The van der Waals surface area contributed by atoms with Crippen LogP contribution in [0.5, 0.6) is 0 Å². The molecule has 1 aromatic heterocycles. The van der Waals surface area contributed by atoms with E-state index in [2.05, 4.69) is 31.9 Å². The molecule has 0 saturated heterocycles. The first kappa shape index (κ1) is 22.5. The van der Waals surface area contributed by atoms with Crippen LogP contribution >= 0.6 is 0 Å². The minimum absolute atomic E-state index is 0.113. The maximum Gasteiger partial charge on any atom is 0.435 e. The molecule has 0 radical (unpaired) electrons. The SMILES string of the molecule is CCC1C=C(C(C)C)CCC1C(C)N(OC)C(=O)c1cn(C)nc1C(F)(F)F. The molecule has 1 aliphatic rings. The van der Waals surface area contributed by atoms with E-state index in [9.17, 15) is 18.0 Å². The fourth-order valence-electron chi connectivity index (χ4n) is 4.11. The Morgan fingerprint density at radius 1 is 1.39 bits per heavy atom. The summed E-state index contributed by atoms with van der Waals surface area (Å²) < 4.78 is 40.9. The summed E-state index contributed by atoms with van der Waals surface area (Å²) in [7, 11) is 2.68. The molecule has 28 heavy (non-hydrogen) atoms. The number of carbonyl (C=O) groups is 1. The van der Waals surface area contributed by atoms with E-state index in [-0.39, 0.29) is 17.9 Å². The number of allylic oxidation sites excluding steroid dienone is 2. The maximum atomic E-state index is 13.3. The summed E-state index contributed by atoms with van der Waals surface area (Å²) in [5, 5.41) is 4.51. The summed E-state index contributed by atoms with van der Waals surface area (Å²) in [6.07, 6.45) is 1.36. The monoisotopic (exact) mass is 401 g/mol. The zero-order valence-electron chi connectivity index (χ0n) is 17.4. The number of rotatable bonds is 6. The average molecular weight is 401 g/mol. The van der Waals surface area contributed by atoms with Gasteiger partial charge in [0.25, 0.3) is 5.91 Å². The number of amides is 1. The summed E-state index contributed by atoms with van der Waals surface area (Å²) in [5.74, 6) is 0.0177. The number of hydrogen-bond acceptors (Lipinski definition) is 3. The molecule has 158 valence electrons. The fourth-order valence-corrected chi connectivity index (χ4v) is 4.11. The topological polar surface area (TPSA) is 47.4 Å². The van der Waals surface area contributed by atoms with Gasteiger partial charge in [0, 0.05) is 13.2 Å². The molecule has 1 heterocycles. The Labute approximate surface area is 164 Å². The largest absolute Gasteiger partial charge is 0.435 e. The van der Waals surface area contributed by atoms with E-state index in [4.69, 9.17) is 4.84 Å². The van der Waals surface area contributed by atoms with Crippen LogP contribution in [0.3, 0.4) is 0 Å². The lowest BCUT2D eigenvalue weighted by Gasteiger charge is -2.39. The number of hydroxylamine groups is 2. The minimum atomic E-state index is -4.71. The van der Waals surface area contributed by atoms with Crippen LogP contribution in [0.2, 0.25) is 0 Å². The van der Waals surface area contributed by atoms with Gasteiger partial charge in [-0.3, -0.25) is 14.3 Å². The second kappa shape index (κ2) is 8.68. The smallest absolute Gasteiger partial charge is 0.274 e. The van der Waals surface area contributed by atoms with Crippen molar-refractivity contribution < 1.29 is 22.8 Å². The van der Waals surface area contributed by atoms with E-state index in [1.165, 1.54) is 19.7 Å². The van der Waals surface area contributed by atoms with Crippen molar-refractivity contribution in [3.05, 3.63) is 29.1 Å². The molecule has 0 fully saturated rings. The standard InChI is InChI=1S/C20H30F3N3O2/c1-7-14-10-15(12(2)3)8-9-16(14)13(4)26(28-6)19(27)17-11-25(5)24-18(17)20(21,22)23/h10-14,16H,7-9H2,1-6H3. The van der Waals surface area contributed by atoms with Crippen LogP contribution in [-0.4, -0.2) is 33.9 Å². The second-order valence-corrected chi connectivity index (χ2v) is 7.79. The highest BCUT2D eigenvalue weighted by molar-refractivity contribution is 5.94. The molecule has 0 aromatic carbocycles. The molecule has 1 aliphatic carbocycles. The van der Waals surface area contributed by atoms with Gasteiger partial charge in [-0.2, -0.15) is 18.3 Å². The van der Waals surface area contributed by atoms with Gasteiger partial charge in [-0.25, -0.2) is 5.06 Å². The van der Waals surface area contributed by atoms with Crippen molar-refractivity contribution in [2.75, 3.05) is 7.11 Å². The van der Waals surface area contributed by atoms with Crippen LogP contribution < -0.4 is 0 Å². The number of nitrogens with zero attached hydrogens (tertiary/aromatic N) is 3. The first-order valence-corrected chi connectivity index (χ1v) is 9.70. The quantitative estimate of drug-likeness (QED) is 0.506. The number of halogens is 3. The summed E-state index contributed by atoms with van der Waals surface area (Å²) in [6, 6.07) is -0.367. The molecule has 1 aromatic rings. The first-order valence-electron chi connectivity index (χ1n) is 9.70. The van der Waals surface area contributed by atoms with Gasteiger partial charge >= 0.3 is 6.18 Å². The van der Waals surface area contributed by atoms with Crippen LogP contribution in [0.4, 0.5) is 13.2 Å². The molecule has 0 spiro atoms. The Balaban J connectivity index is 2.31. The Hall–Kier alpha value is -1.83. The molecule has 5 nitrogen and oxygen atoms in total. The van der Waals surface area contributed by atoms with E-state index >= 15 is 0 Å². The predicted molar refractivity (Wildman–Crippen MR) is 100 cm³/mol. The van der Waals surface area contributed by atoms with E-state index in [0.29, 0.717) is 5.92 Å². The van der Waals surface area contributed by atoms with Crippen molar-refractivity contribution in [2.24, 2.45) is 24.8 Å². The van der Waals surface area contributed by atoms with Crippen molar-refractivity contribution in [1.82, 2.24) is 14.8 Å². The molecule has 8 heteroatoms. The highest BCUT2D eigenvalue weighted by Gasteiger charge is 2.42. The molecule has 0 N–H and O–H groups in total. The van der Waals surface area contributed by atoms with E-state index in [1.807, 2.05) is 6.92 Å². The fraction of sp³-hybridized carbons (Fsp3) is 0.700. The van der Waals surface area contributed by atoms with Crippen molar-refractivity contribution in [1.29, 1.82) is 0 Å². The van der Waals surface area contributed by atoms with Crippen molar-refractivity contribution in [2.45, 2.75) is 59.2 Å². The zero-order valence-corrected chi connectivity index (χ0v) is 17.4. The van der Waals surface area contributed by atoms with Gasteiger partial charge < -0.3 is 0 Å². The Morgan fingerprint density at radius 2 is 2.04 bits per heavy atom. The van der Waals surface area contributed by atoms with Gasteiger partial charge in [-0.15, -0.1) is 0 Å². The summed E-state index contributed by atoms with van der Waals surface area (Å²) in [4.78, 5) is 18.2. The predicted octanol–water partition coefficient (Wildman–Crippen LogP) is 4.85. The molecule has 1 amide bonds. The van der Waals surface area contributed by atoms with Crippen LogP contribution in [0.15, 0.2) is 17.8 Å². The van der Waals surface area contributed by atoms with Gasteiger partial charge in [0.15, 0.2) is 5.69 Å². The minimum Gasteiger partial charge on any atom is -0.274 e. The van der Waals surface area contributed by atoms with Crippen LogP contribution in [0, 0.1) is 17.8 Å². The van der Waals surface area contributed by atoms with Gasteiger partial charge in [0.05, 0.1) is 18.7 Å². The zero-order chi connectivity index (χ0) is 21.2. The second-order valence-electron chi connectivity index (χ2n) is 7.79. The molecule has 2 rings (SSSR count). The van der Waals surface area contributed by atoms with Gasteiger partial charge in [-0.05, 0) is 43.9 Å². The van der Waals surface area contributed by atoms with Crippen molar-refractivity contribution in [3.8, 4) is 0 Å².